The zero-order valence-electron chi connectivity index (χ0n) is 37.2. The van der Waals surface area contributed by atoms with Gasteiger partial charge in [0.1, 0.15) is 29.5 Å². The fraction of sp³-hybridized carbons (Fsp3) is 0.447. The average molecular weight is 915 g/mol. The van der Waals surface area contributed by atoms with Gasteiger partial charge < -0.3 is 19.9 Å². The van der Waals surface area contributed by atoms with Crippen molar-refractivity contribution in [2.24, 2.45) is 16.7 Å². The second kappa shape index (κ2) is 17.6. The molecule has 3 aromatic carbocycles. The molecule has 4 fully saturated rings. The highest BCUT2D eigenvalue weighted by Gasteiger charge is 2.64. The van der Waals surface area contributed by atoms with Crippen molar-refractivity contribution in [3.05, 3.63) is 99.1 Å². The Labute approximate surface area is 385 Å². The Morgan fingerprint density at radius 2 is 1.59 bits per heavy atom. The summed E-state index contributed by atoms with van der Waals surface area (Å²) in [6.07, 6.45) is 3.36. The lowest BCUT2D eigenvalue weighted by atomic mass is 9.49. The number of carbonyl (C=O) groups excluding carboxylic acids is 4. The van der Waals surface area contributed by atoms with E-state index >= 15 is 0 Å². The molecule has 0 radical (unpaired) electrons. The topological polar surface area (TPSA) is 214 Å². The molecule has 1 unspecified atom stereocenters. The summed E-state index contributed by atoms with van der Waals surface area (Å²) in [5.41, 5.74) is 2.52. The average Bonchev–Trinajstić information content (AvgIpc) is 3.78. The van der Waals surface area contributed by atoms with E-state index in [0.29, 0.717) is 91.5 Å². The summed E-state index contributed by atoms with van der Waals surface area (Å²) in [6.45, 7) is 12.8. The van der Waals surface area contributed by atoms with Gasteiger partial charge in [-0.2, -0.15) is 9.94 Å². The number of rotatable bonds is 10. The first-order valence-electron chi connectivity index (χ1n) is 22.3. The minimum absolute atomic E-state index is 0.0911. The maximum atomic E-state index is 13.7. The van der Waals surface area contributed by atoms with Crippen molar-refractivity contribution >= 4 is 51.8 Å². The molecule has 2 N–H and O–H groups in total. The van der Waals surface area contributed by atoms with Crippen molar-refractivity contribution in [2.75, 3.05) is 44.2 Å². The minimum atomic E-state index is -0.893. The van der Waals surface area contributed by atoms with Gasteiger partial charge in [0.25, 0.3) is 17.4 Å². The number of hydrogen-bond acceptors (Lipinski definition) is 13. The molecule has 4 aliphatic rings. The normalized spacial score (nSPS) is 22.0. The van der Waals surface area contributed by atoms with Crippen LogP contribution in [0, 0.1) is 28.1 Å². The fourth-order valence-electron chi connectivity index (χ4n) is 10.4. The van der Waals surface area contributed by atoms with E-state index in [1.165, 1.54) is 0 Å². The van der Waals surface area contributed by atoms with Crippen molar-refractivity contribution in [3.63, 3.8) is 0 Å². The number of benzene rings is 3. The third-order valence-corrected chi connectivity index (χ3v) is 14.1. The zero-order valence-corrected chi connectivity index (χ0v) is 38.0. The summed E-state index contributed by atoms with van der Waals surface area (Å²) in [4.78, 5) is 71.1. The maximum absolute atomic E-state index is 13.7. The van der Waals surface area contributed by atoms with Crippen molar-refractivity contribution in [3.8, 4) is 17.5 Å². The van der Waals surface area contributed by atoms with E-state index in [9.17, 15) is 29.2 Å². The molecule has 19 heteroatoms. The largest absolute Gasteiger partial charge is 0.489 e. The number of piperidine rings is 2. The SMILES string of the molecule is CC1(C)C(NC(=O)c2ccc(-n3cc(CN4CCN(C(=O)C5CCN(c6ccc7nnn(C8CCC(=O)NC8=O)c(=O)c7c6)CC5)CC4)nn3)cc2)C(C)(C)C1Oc1ccc(C#N)c(Cl)c1. The molecule has 5 aromatic rings. The summed E-state index contributed by atoms with van der Waals surface area (Å²) >= 11 is 6.25. The van der Waals surface area contributed by atoms with Gasteiger partial charge in [-0.15, -0.1) is 10.2 Å². The predicted molar refractivity (Wildman–Crippen MR) is 243 cm³/mol. The maximum Gasteiger partial charge on any atom is 0.278 e. The lowest BCUT2D eigenvalue weighted by molar-refractivity contribution is -0.164. The molecule has 1 aliphatic carbocycles. The summed E-state index contributed by atoms with van der Waals surface area (Å²) < 4.78 is 9.13. The number of imide groups is 1. The molecule has 9 rings (SSSR count). The number of nitrogens with one attached hydrogen (secondary N) is 2. The molecule has 1 saturated carbocycles. The molecule has 0 bridgehead atoms. The Morgan fingerprint density at radius 3 is 2.27 bits per heavy atom. The van der Waals surface area contributed by atoms with Crippen LogP contribution in [0.3, 0.4) is 0 Å². The monoisotopic (exact) mass is 914 g/mol. The Balaban J connectivity index is 0.735. The van der Waals surface area contributed by atoms with Crippen LogP contribution in [0.1, 0.15) is 81.0 Å². The van der Waals surface area contributed by atoms with Gasteiger partial charge in [-0.25, -0.2) is 4.68 Å². The van der Waals surface area contributed by atoms with E-state index in [4.69, 9.17) is 16.3 Å². The molecular weight excluding hydrogens is 864 g/mol. The van der Waals surface area contributed by atoms with Gasteiger partial charge in [0.05, 0.1) is 33.6 Å². The smallest absolute Gasteiger partial charge is 0.278 e. The number of hydrogen-bond donors (Lipinski definition) is 2. The van der Waals surface area contributed by atoms with Gasteiger partial charge in [-0.1, -0.05) is 49.7 Å². The Hall–Kier alpha value is -6.71. The molecular formula is C47H51ClN12O6. The summed E-state index contributed by atoms with van der Waals surface area (Å²) in [6, 6.07) is 18.7. The highest BCUT2D eigenvalue weighted by atomic mass is 35.5. The van der Waals surface area contributed by atoms with E-state index in [0.717, 1.165) is 21.8 Å². The van der Waals surface area contributed by atoms with Crippen LogP contribution in [0.4, 0.5) is 5.69 Å². The van der Waals surface area contributed by atoms with E-state index in [1.807, 2.05) is 29.3 Å². The molecule has 66 heavy (non-hydrogen) atoms. The molecule has 342 valence electrons. The van der Waals surface area contributed by atoms with Gasteiger partial charge in [-0.3, -0.25) is 34.2 Å². The zero-order chi connectivity index (χ0) is 46.5. The molecule has 4 amide bonds. The van der Waals surface area contributed by atoms with E-state index in [2.05, 4.69) is 74.8 Å². The first-order valence-corrected chi connectivity index (χ1v) is 22.7. The van der Waals surface area contributed by atoms with Gasteiger partial charge in [0, 0.05) is 92.3 Å². The summed E-state index contributed by atoms with van der Waals surface area (Å²) in [5.74, 6) is -0.462. The van der Waals surface area contributed by atoms with Crippen LogP contribution in [-0.2, 0) is 20.9 Å². The van der Waals surface area contributed by atoms with Gasteiger partial charge in [0.15, 0.2) is 0 Å². The molecule has 3 saturated heterocycles. The molecule has 2 aromatic heterocycles. The van der Waals surface area contributed by atoms with E-state index < -0.39 is 28.3 Å². The van der Waals surface area contributed by atoms with Crippen LogP contribution in [0.2, 0.25) is 5.02 Å². The van der Waals surface area contributed by atoms with E-state index in [1.54, 1.807) is 47.1 Å². The standard InChI is InChI=1S/C47H51ClN12O6/c1-46(2)44(47(3,4)45(46)66-34-11-7-30(25-49)36(48)24-34)51-40(62)28-5-8-32(9-6-28)59-27-31(52-54-59)26-56-19-21-58(22-20-56)42(64)29-15-17-57(18-16-29)33-10-12-37-35(23-33)43(65)60(55-53-37)38-13-14-39(61)50-41(38)63/h5-12,23-24,27,29,38,44-45H,13-22,26H2,1-4H3,(H,51,62)(H,50,61,63). The summed E-state index contributed by atoms with van der Waals surface area (Å²) in [7, 11) is 0. The van der Waals surface area contributed by atoms with Crippen molar-refractivity contribution < 1.29 is 23.9 Å². The number of nitrogens with zero attached hydrogens (tertiary/aromatic N) is 10. The van der Waals surface area contributed by atoms with Crippen molar-refractivity contribution in [1.29, 1.82) is 5.26 Å². The second-order valence-corrected chi connectivity index (χ2v) is 19.3. The molecule has 0 spiro atoms. The van der Waals surface area contributed by atoms with Crippen molar-refractivity contribution in [2.45, 2.75) is 78.1 Å². The quantitative estimate of drug-likeness (QED) is 0.190. The van der Waals surface area contributed by atoms with Crippen molar-refractivity contribution in [1.82, 2.24) is 50.4 Å². The number of fused-ring (bicyclic) bond motifs is 1. The fourth-order valence-corrected chi connectivity index (χ4v) is 10.6. The van der Waals surface area contributed by atoms with Crippen LogP contribution in [0.5, 0.6) is 5.75 Å². The van der Waals surface area contributed by atoms with Gasteiger partial charge in [-0.05, 0) is 73.9 Å². The number of piperazine rings is 1. The second-order valence-electron chi connectivity index (χ2n) is 18.9. The Morgan fingerprint density at radius 1 is 0.879 bits per heavy atom. The predicted octanol–water partition coefficient (Wildman–Crippen LogP) is 4.05. The third kappa shape index (κ3) is 8.48. The Kier molecular flexibility index (Phi) is 11.9. The molecule has 5 heterocycles. The number of nitriles is 1. The molecule has 18 nitrogen and oxygen atoms in total. The van der Waals surface area contributed by atoms with E-state index in [-0.39, 0.29) is 48.6 Å². The number of anilines is 1. The first kappa shape index (κ1) is 44.5. The number of ether oxygens (including phenoxy) is 1. The lowest BCUT2D eigenvalue weighted by Crippen LogP contribution is -2.74. The number of aromatic nitrogens is 6. The molecule has 3 aliphatic heterocycles. The van der Waals surface area contributed by atoms with Gasteiger partial charge in [0.2, 0.25) is 11.8 Å². The van der Waals surface area contributed by atoms with Crippen LogP contribution in [-0.4, -0.2) is 115 Å². The highest BCUT2D eigenvalue weighted by Crippen LogP contribution is 2.55. The molecule has 1 atom stereocenters. The van der Waals surface area contributed by atoms with Crippen LogP contribution >= 0.6 is 11.6 Å². The minimum Gasteiger partial charge on any atom is -0.489 e. The summed E-state index contributed by atoms with van der Waals surface area (Å²) in [5, 5.41) is 32.4. The number of carbonyl (C=O) groups is 4. The third-order valence-electron chi connectivity index (χ3n) is 13.8. The van der Waals surface area contributed by atoms with Crippen LogP contribution in [0.25, 0.3) is 16.6 Å². The number of halogens is 1. The first-order chi connectivity index (χ1) is 31.6. The Bertz CT molecular complexity index is 2800. The van der Waals surface area contributed by atoms with Crippen LogP contribution < -0.4 is 25.8 Å². The van der Waals surface area contributed by atoms with Crippen LogP contribution in [0.15, 0.2) is 71.7 Å². The lowest BCUT2D eigenvalue weighted by Gasteiger charge is -2.63. The number of amides is 4. The van der Waals surface area contributed by atoms with Gasteiger partial charge >= 0.3 is 0 Å². The highest BCUT2D eigenvalue weighted by molar-refractivity contribution is 6.31.